The van der Waals surface area contributed by atoms with Crippen LogP contribution in [0.1, 0.15) is 83.4 Å². The molecule has 0 unspecified atom stereocenters. The van der Waals surface area contributed by atoms with E-state index >= 15 is 0 Å². The number of nitrogens with zero attached hydrogens (tertiary/aromatic N) is 4. The normalized spacial score (nSPS) is 11.0. The van der Waals surface area contributed by atoms with E-state index in [0.29, 0.717) is 12.2 Å². The van der Waals surface area contributed by atoms with Gasteiger partial charge in [-0.2, -0.15) is 4.80 Å². The van der Waals surface area contributed by atoms with Crippen LogP contribution in [-0.2, 0) is 17.8 Å². The van der Waals surface area contributed by atoms with E-state index in [1.165, 1.54) is 57.8 Å². The molecule has 0 aliphatic carbocycles. The highest BCUT2D eigenvalue weighted by molar-refractivity contribution is 5.66. The molecule has 0 bridgehead atoms. The molecule has 0 saturated carbocycles. The summed E-state index contributed by atoms with van der Waals surface area (Å²) in [5.41, 5.74) is 0. The maximum atomic E-state index is 10.5. The lowest BCUT2D eigenvalue weighted by Gasteiger charge is -2.02. The van der Waals surface area contributed by atoms with Gasteiger partial charge in [0.2, 0.25) is 0 Å². The highest BCUT2D eigenvalue weighted by atomic mass is 16.4. The maximum Gasteiger partial charge on any atom is 0.303 e. The summed E-state index contributed by atoms with van der Waals surface area (Å²) in [4.78, 5) is 12.1. The molecule has 0 fully saturated rings. The summed E-state index contributed by atoms with van der Waals surface area (Å²) in [7, 11) is 0. The van der Waals surface area contributed by atoms with Crippen molar-refractivity contribution in [1.82, 2.24) is 20.2 Å². The van der Waals surface area contributed by atoms with E-state index in [2.05, 4.69) is 22.3 Å². The van der Waals surface area contributed by atoms with Gasteiger partial charge in [-0.1, -0.05) is 64.7 Å². The van der Waals surface area contributed by atoms with E-state index in [-0.39, 0.29) is 6.42 Å². The van der Waals surface area contributed by atoms with Crippen molar-refractivity contribution in [2.75, 3.05) is 0 Å². The Morgan fingerprint density at radius 2 is 1.59 bits per heavy atom. The first-order valence-electron chi connectivity index (χ1n) is 8.71. The molecule has 1 heterocycles. The van der Waals surface area contributed by atoms with Crippen LogP contribution in [0.2, 0.25) is 0 Å². The van der Waals surface area contributed by atoms with Crippen LogP contribution in [0, 0.1) is 0 Å². The second-order valence-corrected chi connectivity index (χ2v) is 5.88. The Hall–Kier alpha value is -1.46. The minimum Gasteiger partial charge on any atom is -0.481 e. The number of aliphatic carboxylic acids is 1. The number of carboxylic acid groups (broad SMARTS) is 1. The van der Waals surface area contributed by atoms with Crippen molar-refractivity contribution in [3.63, 3.8) is 0 Å². The fourth-order valence-corrected chi connectivity index (χ4v) is 2.43. The summed E-state index contributed by atoms with van der Waals surface area (Å²) in [5.74, 6) is -0.305. The van der Waals surface area contributed by atoms with Gasteiger partial charge in [0.25, 0.3) is 0 Å². The number of unbranched alkanes of at least 4 members (excludes halogenated alkanes) is 9. The molecule has 1 rings (SSSR count). The molecule has 22 heavy (non-hydrogen) atoms. The molecule has 1 aromatic rings. The lowest BCUT2D eigenvalue weighted by atomic mass is 10.1. The van der Waals surface area contributed by atoms with Gasteiger partial charge in [-0.25, -0.2) is 0 Å². The molecule has 0 aliphatic heterocycles. The third kappa shape index (κ3) is 9.47. The predicted octanol–water partition coefficient (Wildman–Crippen LogP) is 3.61. The quantitative estimate of drug-likeness (QED) is 0.531. The van der Waals surface area contributed by atoms with E-state index in [4.69, 9.17) is 5.11 Å². The van der Waals surface area contributed by atoms with Gasteiger partial charge in [0.15, 0.2) is 5.82 Å². The predicted molar refractivity (Wildman–Crippen MR) is 85.6 cm³/mol. The van der Waals surface area contributed by atoms with Crippen molar-refractivity contribution >= 4 is 5.97 Å². The molecule has 0 radical (unpaired) electrons. The number of hydrogen-bond donors (Lipinski definition) is 1. The lowest BCUT2D eigenvalue weighted by molar-refractivity contribution is -0.137. The molecule has 1 N–H and O–H groups in total. The second kappa shape index (κ2) is 12.1. The highest BCUT2D eigenvalue weighted by Crippen LogP contribution is 2.10. The zero-order valence-corrected chi connectivity index (χ0v) is 13.8. The minimum atomic E-state index is -0.828. The highest BCUT2D eigenvalue weighted by Gasteiger charge is 2.05. The molecule has 0 saturated heterocycles. The Morgan fingerprint density at radius 3 is 2.18 bits per heavy atom. The Morgan fingerprint density at radius 1 is 1.00 bits per heavy atom. The summed E-state index contributed by atoms with van der Waals surface area (Å²) >= 11 is 0. The van der Waals surface area contributed by atoms with Crippen LogP contribution in [-0.4, -0.2) is 31.3 Å². The average molecular weight is 310 g/mol. The number of hydrogen-bond acceptors (Lipinski definition) is 4. The summed E-state index contributed by atoms with van der Waals surface area (Å²) in [6, 6.07) is 0. The topological polar surface area (TPSA) is 80.9 Å². The Bertz CT molecular complexity index is 407. The summed E-state index contributed by atoms with van der Waals surface area (Å²) in [5, 5.41) is 20.6. The van der Waals surface area contributed by atoms with Gasteiger partial charge >= 0.3 is 5.97 Å². The number of rotatable bonds is 14. The second-order valence-electron chi connectivity index (χ2n) is 5.88. The monoisotopic (exact) mass is 310 g/mol. The maximum absolute atomic E-state index is 10.5. The Balaban J connectivity index is 1.95. The van der Waals surface area contributed by atoms with Crippen molar-refractivity contribution in [3.05, 3.63) is 5.82 Å². The van der Waals surface area contributed by atoms with E-state index in [1.54, 1.807) is 4.80 Å². The van der Waals surface area contributed by atoms with Crippen molar-refractivity contribution in [2.24, 2.45) is 0 Å². The number of carboxylic acids is 1. The first-order valence-corrected chi connectivity index (χ1v) is 8.71. The third-order valence-electron chi connectivity index (χ3n) is 3.77. The first-order chi connectivity index (χ1) is 10.7. The molecule has 6 heteroatoms. The molecular weight excluding hydrogens is 280 g/mol. The van der Waals surface area contributed by atoms with Crippen LogP contribution in [0.3, 0.4) is 0 Å². The zero-order chi connectivity index (χ0) is 16.0. The largest absolute Gasteiger partial charge is 0.481 e. The van der Waals surface area contributed by atoms with Gasteiger partial charge in [-0.05, 0) is 11.6 Å². The van der Waals surface area contributed by atoms with Crippen molar-refractivity contribution in [2.45, 2.75) is 90.5 Å². The van der Waals surface area contributed by atoms with Gasteiger partial charge < -0.3 is 5.11 Å². The molecule has 0 amide bonds. The Kier molecular flexibility index (Phi) is 10.2. The van der Waals surface area contributed by atoms with Crippen LogP contribution in [0.15, 0.2) is 0 Å². The van der Waals surface area contributed by atoms with Crippen LogP contribution in [0.25, 0.3) is 0 Å². The number of aryl methyl sites for hydroxylation is 2. The van der Waals surface area contributed by atoms with E-state index < -0.39 is 5.97 Å². The minimum absolute atomic E-state index is 0.0595. The first kappa shape index (κ1) is 18.6. The van der Waals surface area contributed by atoms with E-state index in [9.17, 15) is 4.79 Å². The average Bonchev–Trinajstić information content (AvgIpc) is 2.95. The van der Waals surface area contributed by atoms with Gasteiger partial charge in [0, 0.05) is 6.42 Å². The van der Waals surface area contributed by atoms with Crippen molar-refractivity contribution in [1.29, 1.82) is 0 Å². The van der Waals surface area contributed by atoms with Crippen molar-refractivity contribution < 1.29 is 9.90 Å². The fourth-order valence-electron chi connectivity index (χ4n) is 2.43. The summed E-state index contributed by atoms with van der Waals surface area (Å²) in [6.45, 7) is 3.02. The van der Waals surface area contributed by atoms with Gasteiger partial charge in [-0.15, -0.1) is 10.2 Å². The molecule has 0 spiro atoms. The SMILES string of the molecule is CCCCCCCCCCCCn1nnc(CCC(=O)O)n1. The molecule has 126 valence electrons. The molecule has 6 nitrogen and oxygen atoms in total. The van der Waals surface area contributed by atoms with Crippen LogP contribution < -0.4 is 0 Å². The summed E-state index contributed by atoms with van der Waals surface area (Å²) < 4.78 is 0. The number of tetrazole rings is 1. The van der Waals surface area contributed by atoms with Gasteiger partial charge in [-0.3, -0.25) is 4.79 Å². The van der Waals surface area contributed by atoms with Gasteiger partial charge in [0.05, 0.1) is 13.0 Å². The Labute approximate surface area is 133 Å². The summed E-state index contributed by atoms with van der Waals surface area (Å²) in [6.07, 6.45) is 13.4. The smallest absolute Gasteiger partial charge is 0.303 e. The molecule has 0 atom stereocenters. The number of carbonyl (C=O) groups is 1. The van der Waals surface area contributed by atoms with E-state index in [0.717, 1.165) is 13.0 Å². The zero-order valence-electron chi connectivity index (χ0n) is 13.8. The van der Waals surface area contributed by atoms with Gasteiger partial charge in [0.1, 0.15) is 0 Å². The van der Waals surface area contributed by atoms with Crippen LogP contribution in [0.4, 0.5) is 0 Å². The third-order valence-corrected chi connectivity index (χ3v) is 3.77. The molecule has 1 aromatic heterocycles. The molecule has 0 aliphatic rings. The van der Waals surface area contributed by atoms with Crippen LogP contribution in [0.5, 0.6) is 0 Å². The molecule has 0 aromatic carbocycles. The number of aromatic nitrogens is 4. The van der Waals surface area contributed by atoms with Crippen LogP contribution >= 0.6 is 0 Å². The van der Waals surface area contributed by atoms with E-state index in [1.807, 2.05) is 0 Å². The lowest BCUT2D eigenvalue weighted by Crippen LogP contribution is -2.03. The fraction of sp³-hybridized carbons (Fsp3) is 0.875. The standard InChI is InChI=1S/C16H30N4O2/c1-2-3-4-5-6-7-8-9-10-11-14-20-18-15(17-19-20)12-13-16(21)22/h2-14H2,1H3,(H,21,22). The molecular formula is C16H30N4O2. The van der Waals surface area contributed by atoms with Crippen molar-refractivity contribution in [3.8, 4) is 0 Å².